The summed E-state index contributed by atoms with van der Waals surface area (Å²) in [5.74, 6) is 0.511. The zero-order valence-corrected chi connectivity index (χ0v) is 8.40. The van der Waals surface area contributed by atoms with E-state index in [1.807, 2.05) is 6.07 Å². The number of hydrogen-bond donors (Lipinski definition) is 1. The van der Waals surface area contributed by atoms with E-state index >= 15 is 0 Å². The van der Waals surface area contributed by atoms with Gasteiger partial charge in [0.15, 0.2) is 6.10 Å². The third-order valence-electron chi connectivity index (χ3n) is 2.49. The first-order valence-corrected chi connectivity index (χ1v) is 4.77. The van der Waals surface area contributed by atoms with Gasteiger partial charge < -0.3 is 14.6 Å². The Morgan fingerprint density at radius 1 is 1.60 bits per heavy atom. The fourth-order valence-corrected chi connectivity index (χ4v) is 1.67. The molecular formula is C11H12O4. The molecule has 1 atom stereocenters. The lowest BCUT2D eigenvalue weighted by atomic mass is 10.0. The van der Waals surface area contributed by atoms with E-state index in [0.29, 0.717) is 18.6 Å². The molecule has 0 radical (unpaired) electrons. The summed E-state index contributed by atoms with van der Waals surface area (Å²) < 4.78 is 10.4. The van der Waals surface area contributed by atoms with Crippen molar-refractivity contribution < 1.29 is 19.4 Å². The summed E-state index contributed by atoms with van der Waals surface area (Å²) in [7, 11) is 1.60. The molecule has 0 saturated carbocycles. The summed E-state index contributed by atoms with van der Waals surface area (Å²) in [5, 5.41) is 8.81. The SMILES string of the molecule is COc1ccc2c(c1)CC[C@@H](C(=O)O)O2. The molecule has 1 aromatic rings. The van der Waals surface area contributed by atoms with Gasteiger partial charge in [-0.1, -0.05) is 0 Å². The van der Waals surface area contributed by atoms with Crippen molar-refractivity contribution in [2.75, 3.05) is 7.11 Å². The number of aryl methyl sites for hydroxylation is 1. The Bertz CT molecular complexity index is 386. The molecule has 1 aliphatic heterocycles. The lowest BCUT2D eigenvalue weighted by Gasteiger charge is -2.23. The van der Waals surface area contributed by atoms with E-state index < -0.39 is 12.1 Å². The summed E-state index contributed by atoms with van der Waals surface area (Å²) in [6.07, 6.45) is 0.504. The molecule has 1 aliphatic rings. The zero-order chi connectivity index (χ0) is 10.8. The molecule has 0 fully saturated rings. The van der Waals surface area contributed by atoms with Crippen LogP contribution in [-0.4, -0.2) is 24.3 Å². The van der Waals surface area contributed by atoms with Gasteiger partial charge in [0, 0.05) is 0 Å². The highest BCUT2D eigenvalue weighted by atomic mass is 16.5. The van der Waals surface area contributed by atoms with Crippen molar-refractivity contribution >= 4 is 5.97 Å². The van der Waals surface area contributed by atoms with Crippen molar-refractivity contribution in [3.05, 3.63) is 23.8 Å². The normalized spacial score (nSPS) is 18.9. The lowest BCUT2D eigenvalue weighted by molar-refractivity contribution is -0.145. The van der Waals surface area contributed by atoms with Crippen LogP contribution in [0, 0.1) is 0 Å². The maximum absolute atomic E-state index is 10.7. The van der Waals surface area contributed by atoms with E-state index in [-0.39, 0.29) is 0 Å². The van der Waals surface area contributed by atoms with Gasteiger partial charge in [0.25, 0.3) is 0 Å². The molecule has 2 rings (SSSR count). The van der Waals surface area contributed by atoms with Gasteiger partial charge in [-0.05, 0) is 36.6 Å². The van der Waals surface area contributed by atoms with Crippen LogP contribution in [0.25, 0.3) is 0 Å². The maximum atomic E-state index is 10.7. The minimum atomic E-state index is -0.906. The van der Waals surface area contributed by atoms with Crippen LogP contribution in [0.2, 0.25) is 0 Å². The second kappa shape index (κ2) is 3.81. The standard InChI is InChI=1S/C11H12O4/c1-14-8-3-5-9-7(6-8)2-4-10(15-9)11(12)13/h3,5-6,10H,2,4H2,1H3,(H,12,13)/t10-/m0/s1. The fraction of sp³-hybridized carbons (Fsp3) is 0.364. The number of rotatable bonds is 2. The summed E-state index contributed by atoms with van der Waals surface area (Å²) in [6, 6.07) is 5.40. The van der Waals surface area contributed by atoms with E-state index in [4.69, 9.17) is 14.6 Å². The predicted octanol–water partition coefficient (Wildman–Crippen LogP) is 1.47. The van der Waals surface area contributed by atoms with Crippen LogP contribution in [-0.2, 0) is 11.2 Å². The number of aliphatic carboxylic acids is 1. The van der Waals surface area contributed by atoms with E-state index in [2.05, 4.69) is 0 Å². The third-order valence-corrected chi connectivity index (χ3v) is 2.49. The van der Waals surface area contributed by atoms with Crippen LogP contribution in [0.5, 0.6) is 11.5 Å². The molecule has 0 aromatic heterocycles. The molecular weight excluding hydrogens is 196 g/mol. The minimum absolute atomic E-state index is 0.509. The summed E-state index contributed by atoms with van der Waals surface area (Å²) in [6.45, 7) is 0. The van der Waals surface area contributed by atoms with Crippen molar-refractivity contribution in [2.24, 2.45) is 0 Å². The number of methoxy groups -OCH3 is 1. The molecule has 0 spiro atoms. The van der Waals surface area contributed by atoms with Gasteiger partial charge >= 0.3 is 5.97 Å². The molecule has 1 aromatic carbocycles. The van der Waals surface area contributed by atoms with E-state index in [0.717, 1.165) is 11.3 Å². The van der Waals surface area contributed by atoms with Gasteiger partial charge in [-0.15, -0.1) is 0 Å². The summed E-state index contributed by atoms with van der Waals surface area (Å²) >= 11 is 0. The number of carbonyl (C=O) groups is 1. The monoisotopic (exact) mass is 208 g/mol. The number of hydrogen-bond acceptors (Lipinski definition) is 3. The van der Waals surface area contributed by atoms with Crippen molar-refractivity contribution in [1.29, 1.82) is 0 Å². The van der Waals surface area contributed by atoms with Crippen LogP contribution in [0.4, 0.5) is 0 Å². The summed E-state index contributed by atoms with van der Waals surface area (Å²) in [4.78, 5) is 10.7. The molecule has 0 bridgehead atoms. The van der Waals surface area contributed by atoms with Crippen LogP contribution >= 0.6 is 0 Å². The Kier molecular flexibility index (Phi) is 2.49. The molecule has 80 valence electrons. The number of carboxylic acids is 1. The van der Waals surface area contributed by atoms with Crippen LogP contribution in [0.1, 0.15) is 12.0 Å². The smallest absolute Gasteiger partial charge is 0.344 e. The molecule has 1 heterocycles. The lowest BCUT2D eigenvalue weighted by Crippen LogP contribution is -2.30. The van der Waals surface area contributed by atoms with Crippen LogP contribution in [0.15, 0.2) is 18.2 Å². The largest absolute Gasteiger partial charge is 0.497 e. The molecule has 0 unspecified atom stereocenters. The molecule has 4 nitrogen and oxygen atoms in total. The first-order valence-electron chi connectivity index (χ1n) is 4.77. The Labute approximate surface area is 87.4 Å². The summed E-state index contributed by atoms with van der Waals surface area (Å²) in [5.41, 5.74) is 1.01. The van der Waals surface area contributed by atoms with Gasteiger partial charge in [-0.2, -0.15) is 0 Å². The van der Waals surface area contributed by atoms with Crippen molar-refractivity contribution in [1.82, 2.24) is 0 Å². The van der Waals surface area contributed by atoms with Crippen molar-refractivity contribution in [2.45, 2.75) is 18.9 Å². The third kappa shape index (κ3) is 1.88. The number of carboxylic acid groups (broad SMARTS) is 1. The maximum Gasteiger partial charge on any atom is 0.344 e. The zero-order valence-electron chi connectivity index (χ0n) is 8.40. The number of fused-ring (bicyclic) bond motifs is 1. The Morgan fingerprint density at radius 3 is 3.07 bits per heavy atom. The van der Waals surface area contributed by atoms with Gasteiger partial charge in [-0.25, -0.2) is 4.79 Å². The van der Waals surface area contributed by atoms with Crippen molar-refractivity contribution in [3.63, 3.8) is 0 Å². The van der Waals surface area contributed by atoms with Gasteiger partial charge in [0.1, 0.15) is 11.5 Å². The Morgan fingerprint density at radius 2 is 2.40 bits per heavy atom. The minimum Gasteiger partial charge on any atom is -0.497 e. The second-order valence-corrected chi connectivity index (χ2v) is 3.46. The van der Waals surface area contributed by atoms with Crippen LogP contribution < -0.4 is 9.47 Å². The highest BCUT2D eigenvalue weighted by Crippen LogP contribution is 2.30. The first-order chi connectivity index (χ1) is 7.20. The fourth-order valence-electron chi connectivity index (χ4n) is 1.67. The molecule has 15 heavy (non-hydrogen) atoms. The van der Waals surface area contributed by atoms with E-state index in [1.54, 1.807) is 19.2 Å². The van der Waals surface area contributed by atoms with Gasteiger partial charge in [-0.3, -0.25) is 0 Å². The molecule has 1 N–H and O–H groups in total. The predicted molar refractivity (Wildman–Crippen MR) is 53.4 cm³/mol. The van der Waals surface area contributed by atoms with Crippen molar-refractivity contribution in [3.8, 4) is 11.5 Å². The van der Waals surface area contributed by atoms with E-state index in [9.17, 15) is 4.79 Å². The van der Waals surface area contributed by atoms with E-state index in [1.165, 1.54) is 0 Å². The molecule has 0 amide bonds. The molecule has 4 heteroatoms. The van der Waals surface area contributed by atoms with Crippen LogP contribution in [0.3, 0.4) is 0 Å². The number of ether oxygens (including phenoxy) is 2. The average Bonchev–Trinajstić information content (AvgIpc) is 2.27. The second-order valence-electron chi connectivity index (χ2n) is 3.46. The molecule has 0 aliphatic carbocycles. The number of benzene rings is 1. The quantitative estimate of drug-likeness (QED) is 0.799. The van der Waals surface area contributed by atoms with Gasteiger partial charge in [0.2, 0.25) is 0 Å². The Balaban J connectivity index is 2.24. The first kappa shape index (κ1) is 9.83. The topological polar surface area (TPSA) is 55.8 Å². The molecule has 0 saturated heterocycles. The average molecular weight is 208 g/mol. The Hall–Kier alpha value is -1.71. The van der Waals surface area contributed by atoms with Gasteiger partial charge in [0.05, 0.1) is 7.11 Å². The highest BCUT2D eigenvalue weighted by molar-refractivity contribution is 5.73. The highest BCUT2D eigenvalue weighted by Gasteiger charge is 2.25.